The molecule has 2 fully saturated rings. The van der Waals surface area contributed by atoms with E-state index < -0.39 is 0 Å². The van der Waals surface area contributed by atoms with Crippen molar-refractivity contribution < 1.29 is 0 Å². The molecular weight excluding hydrogens is 196 g/mol. The summed E-state index contributed by atoms with van der Waals surface area (Å²) in [6.07, 6.45) is 11.3. The summed E-state index contributed by atoms with van der Waals surface area (Å²) in [5, 5.41) is 0. The van der Waals surface area contributed by atoms with Crippen LogP contribution in [-0.4, -0.2) is 13.1 Å². The lowest BCUT2D eigenvalue weighted by Gasteiger charge is -2.37. The van der Waals surface area contributed by atoms with E-state index >= 15 is 0 Å². The maximum atomic E-state index is 5.75. The maximum Gasteiger partial charge on any atom is -0.00489 e. The van der Waals surface area contributed by atoms with Gasteiger partial charge < -0.3 is 11.5 Å². The molecule has 0 heterocycles. The number of hydrogen-bond acceptors (Lipinski definition) is 2. The summed E-state index contributed by atoms with van der Waals surface area (Å²) in [6, 6.07) is 0. The Morgan fingerprint density at radius 2 is 0.875 bits per heavy atom. The summed E-state index contributed by atoms with van der Waals surface area (Å²) >= 11 is 0. The third kappa shape index (κ3) is 2.98. The summed E-state index contributed by atoms with van der Waals surface area (Å²) in [6.45, 7) is 1.82. The summed E-state index contributed by atoms with van der Waals surface area (Å²) in [5.74, 6) is 3.69. The molecule has 0 aliphatic heterocycles. The van der Waals surface area contributed by atoms with Crippen molar-refractivity contribution in [1.29, 1.82) is 0 Å². The molecule has 2 aliphatic rings. The average molecular weight is 224 g/mol. The summed E-state index contributed by atoms with van der Waals surface area (Å²) in [7, 11) is 0. The quantitative estimate of drug-likeness (QED) is 0.774. The van der Waals surface area contributed by atoms with Crippen molar-refractivity contribution in [3.63, 3.8) is 0 Å². The first-order valence-electron chi connectivity index (χ1n) is 7.23. The predicted octanol–water partition coefficient (Wildman–Crippen LogP) is 2.52. The molecule has 0 spiro atoms. The molecule has 0 radical (unpaired) electrons. The minimum atomic E-state index is 0.830. The molecule has 0 aromatic carbocycles. The van der Waals surface area contributed by atoms with E-state index in [9.17, 15) is 0 Å². The van der Waals surface area contributed by atoms with Crippen LogP contribution in [0.15, 0.2) is 0 Å². The number of rotatable bonds is 3. The zero-order valence-corrected chi connectivity index (χ0v) is 10.5. The second-order valence-electron chi connectivity index (χ2n) is 6.03. The fourth-order valence-corrected chi connectivity index (χ4v) is 3.79. The van der Waals surface area contributed by atoms with Gasteiger partial charge in [-0.15, -0.1) is 0 Å². The van der Waals surface area contributed by atoms with Crippen LogP contribution in [0.3, 0.4) is 0 Å². The van der Waals surface area contributed by atoms with Gasteiger partial charge in [-0.2, -0.15) is 0 Å². The van der Waals surface area contributed by atoms with Crippen molar-refractivity contribution in [3.05, 3.63) is 0 Å². The van der Waals surface area contributed by atoms with Gasteiger partial charge in [-0.25, -0.2) is 0 Å². The second kappa shape index (κ2) is 6.02. The van der Waals surface area contributed by atoms with E-state index in [1.807, 2.05) is 0 Å². The Labute approximate surface area is 100 Å². The number of hydrogen-bond donors (Lipinski definition) is 2. The van der Waals surface area contributed by atoms with Crippen molar-refractivity contribution in [3.8, 4) is 0 Å². The molecule has 2 rings (SSSR count). The molecule has 2 heteroatoms. The molecule has 0 atom stereocenters. The number of nitrogens with two attached hydrogens (primary N) is 2. The first-order valence-corrected chi connectivity index (χ1v) is 7.23. The molecule has 0 amide bonds. The van der Waals surface area contributed by atoms with Crippen molar-refractivity contribution >= 4 is 0 Å². The van der Waals surface area contributed by atoms with Crippen LogP contribution in [-0.2, 0) is 0 Å². The normalized spacial score (nSPS) is 40.9. The van der Waals surface area contributed by atoms with E-state index in [-0.39, 0.29) is 0 Å². The van der Waals surface area contributed by atoms with Gasteiger partial charge in [0.05, 0.1) is 0 Å². The van der Waals surface area contributed by atoms with Gasteiger partial charge in [-0.3, -0.25) is 0 Å². The maximum absolute atomic E-state index is 5.75. The SMILES string of the molecule is NCC1CCC(C2CCC(CN)CC2)CC1. The Bertz CT molecular complexity index is 167. The van der Waals surface area contributed by atoms with Crippen molar-refractivity contribution in [2.45, 2.75) is 51.4 Å². The van der Waals surface area contributed by atoms with Gasteiger partial charge in [0.1, 0.15) is 0 Å². The molecule has 94 valence electrons. The molecule has 2 aliphatic carbocycles. The van der Waals surface area contributed by atoms with Gasteiger partial charge in [-0.05, 0) is 88.1 Å². The van der Waals surface area contributed by atoms with E-state index in [1.165, 1.54) is 51.4 Å². The summed E-state index contributed by atoms with van der Waals surface area (Å²) in [4.78, 5) is 0. The van der Waals surface area contributed by atoms with Crippen LogP contribution < -0.4 is 11.5 Å². The van der Waals surface area contributed by atoms with Crippen LogP contribution in [0, 0.1) is 23.7 Å². The fourth-order valence-electron chi connectivity index (χ4n) is 3.79. The first-order chi connectivity index (χ1) is 7.83. The third-order valence-electron chi connectivity index (χ3n) is 5.12. The predicted molar refractivity (Wildman–Crippen MR) is 69.0 cm³/mol. The monoisotopic (exact) mass is 224 g/mol. The highest BCUT2D eigenvalue weighted by Crippen LogP contribution is 2.40. The topological polar surface area (TPSA) is 52.0 Å². The van der Waals surface area contributed by atoms with Gasteiger partial charge in [-0.1, -0.05) is 0 Å². The summed E-state index contributed by atoms with van der Waals surface area (Å²) < 4.78 is 0. The van der Waals surface area contributed by atoms with E-state index in [2.05, 4.69) is 0 Å². The molecule has 2 nitrogen and oxygen atoms in total. The molecule has 0 bridgehead atoms. The highest BCUT2D eigenvalue weighted by molar-refractivity contribution is 4.82. The largest absolute Gasteiger partial charge is 0.330 e. The van der Waals surface area contributed by atoms with Gasteiger partial charge >= 0.3 is 0 Å². The molecule has 2 saturated carbocycles. The van der Waals surface area contributed by atoms with E-state index in [0.717, 1.165) is 36.8 Å². The fraction of sp³-hybridized carbons (Fsp3) is 1.00. The Kier molecular flexibility index (Phi) is 4.66. The molecular formula is C14H28N2. The van der Waals surface area contributed by atoms with Crippen LogP contribution in [0.1, 0.15) is 51.4 Å². The first kappa shape index (κ1) is 12.4. The zero-order valence-electron chi connectivity index (χ0n) is 10.5. The van der Waals surface area contributed by atoms with Crippen LogP contribution in [0.2, 0.25) is 0 Å². The zero-order chi connectivity index (χ0) is 11.4. The third-order valence-corrected chi connectivity index (χ3v) is 5.12. The Balaban J connectivity index is 1.73. The van der Waals surface area contributed by atoms with Crippen LogP contribution in [0.4, 0.5) is 0 Å². The lowest BCUT2D eigenvalue weighted by Crippen LogP contribution is -2.29. The van der Waals surface area contributed by atoms with Crippen molar-refractivity contribution in [1.82, 2.24) is 0 Å². The van der Waals surface area contributed by atoms with Crippen LogP contribution in [0.5, 0.6) is 0 Å². The van der Waals surface area contributed by atoms with E-state index in [4.69, 9.17) is 11.5 Å². The summed E-state index contributed by atoms with van der Waals surface area (Å²) in [5.41, 5.74) is 11.5. The molecule has 0 unspecified atom stereocenters. The van der Waals surface area contributed by atoms with Gasteiger partial charge in [0, 0.05) is 0 Å². The van der Waals surface area contributed by atoms with Crippen molar-refractivity contribution in [2.24, 2.45) is 35.1 Å². The smallest absolute Gasteiger partial charge is 0.00489 e. The van der Waals surface area contributed by atoms with E-state index in [1.54, 1.807) is 0 Å². The minimum absolute atomic E-state index is 0.830. The van der Waals surface area contributed by atoms with Crippen LogP contribution in [0.25, 0.3) is 0 Å². The highest BCUT2D eigenvalue weighted by Gasteiger charge is 2.29. The Morgan fingerprint density at radius 1 is 0.562 bits per heavy atom. The lowest BCUT2D eigenvalue weighted by atomic mass is 9.69. The molecule has 4 N–H and O–H groups in total. The highest BCUT2D eigenvalue weighted by atomic mass is 14.6. The lowest BCUT2D eigenvalue weighted by molar-refractivity contribution is 0.150. The Hall–Kier alpha value is -0.0800. The van der Waals surface area contributed by atoms with Gasteiger partial charge in [0.15, 0.2) is 0 Å². The average Bonchev–Trinajstić information content (AvgIpc) is 2.39. The second-order valence-corrected chi connectivity index (χ2v) is 6.03. The van der Waals surface area contributed by atoms with Gasteiger partial charge in [0.25, 0.3) is 0 Å². The molecule has 0 saturated heterocycles. The van der Waals surface area contributed by atoms with Gasteiger partial charge in [0.2, 0.25) is 0 Å². The minimum Gasteiger partial charge on any atom is -0.330 e. The standard InChI is InChI=1S/C14H28N2/c15-9-11-1-5-13(6-2-11)14-7-3-12(10-16)4-8-14/h11-14H,1-10,15-16H2. The molecule has 16 heavy (non-hydrogen) atoms. The van der Waals surface area contributed by atoms with E-state index in [0.29, 0.717) is 0 Å². The molecule has 0 aromatic heterocycles. The molecule has 0 aromatic rings. The van der Waals surface area contributed by atoms with Crippen molar-refractivity contribution in [2.75, 3.05) is 13.1 Å². The Morgan fingerprint density at radius 3 is 1.12 bits per heavy atom. The van der Waals surface area contributed by atoms with Crippen LogP contribution >= 0.6 is 0 Å².